The van der Waals surface area contributed by atoms with Crippen LogP contribution in [0.4, 0.5) is 14.9 Å². The molecule has 0 atom stereocenters. The van der Waals surface area contributed by atoms with Crippen LogP contribution in [0.1, 0.15) is 54.5 Å². The van der Waals surface area contributed by atoms with E-state index in [0.717, 1.165) is 5.56 Å². The van der Waals surface area contributed by atoms with Gasteiger partial charge in [-0.2, -0.15) is 0 Å². The quantitative estimate of drug-likeness (QED) is 0.538. The van der Waals surface area contributed by atoms with Crippen molar-refractivity contribution in [1.82, 2.24) is 0 Å². The first kappa shape index (κ1) is 35.6. The Bertz CT molecular complexity index is 806. The minimum Gasteiger partial charge on any atom is -0.449 e. The lowest BCUT2D eigenvalue weighted by Crippen LogP contribution is -2.27. The predicted molar refractivity (Wildman–Crippen MR) is 138 cm³/mol. The van der Waals surface area contributed by atoms with Gasteiger partial charge in [0.25, 0.3) is 0 Å². The molecule has 0 fully saturated rings. The fourth-order valence-corrected chi connectivity index (χ4v) is 2.06. The molecule has 2 aromatic rings. The fraction of sp³-hybridized carbons (Fsp3) is 0.462. The number of amides is 2. The van der Waals surface area contributed by atoms with Gasteiger partial charge in [-0.25, -0.2) is 9.18 Å². The molecular formula is C26H43FN2O5. The Morgan fingerprint density at radius 2 is 1.62 bits per heavy atom. The van der Waals surface area contributed by atoms with E-state index in [9.17, 15) is 9.18 Å². The largest absolute Gasteiger partial charge is 0.449 e. The molecular weight excluding hydrogens is 439 g/mol. The normalized spacial score (nSPS) is 9.35. The summed E-state index contributed by atoms with van der Waals surface area (Å²) in [5.74, 6) is -0.426. The Morgan fingerprint density at radius 1 is 1.15 bits per heavy atom. The van der Waals surface area contributed by atoms with Gasteiger partial charge in [-0.1, -0.05) is 45.5 Å². The van der Waals surface area contributed by atoms with Gasteiger partial charge in [0.15, 0.2) is 0 Å². The van der Waals surface area contributed by atoms with Crippen LogP contribution in [0, 0.1) is 5.82 Å². The topological polar surface area (TPSA) is 102 Å². The second kappa shape index (κ2) is 19.5. The number of anilines is 1. The molecule has 2 amide bonds. The highest BCUT2D eigenvalue weighted by Gasteiger charge is 2.14. The van der Waals surface area contributed by atoms with E-state index in [1.54, 1.807) is 50.4 Å². The lowest BCUT2D eigenvalue weighted by atomic mass is 10.0. The maximum absolute atomic E-state index is 14.3. The molecule has 0 unspecified atom stereocenters. The van der Waals surface area contributed by atoms with Crippen LogP contribution in [-0.4, -0.2) is 44.0 Å². The molecule has 194 valence electrons. The average molecular weight is 483 g/mol. The standard InChI is InChI=1S/C17H18FNO3.C5H12O.C2H6.CH3NO.CH4/c1-3-22-17(21)19(2)14-8-9-15(16(18)10-14)13-6-4-12(11-20)5-7-13;1-5(2,3)6-4;1-2;2-1-3;/h4-10,20H,3,11H2,1-2H3;1-4H3;1-2H3;1H,(H2,2,3);1H4. The van der Waals surface area contributed by atoms with E-state index >= 15 is 0 Å². The number of carbonyl (C=O) groups excluding carboxylic acids is 2. The number of methoxy groups -OCH3 is 1. The first-order valence-corrected chi connectivity index (χ1v) is 10.6. The summed E-state index contributed by atoms with van der Waals surface area (Å²) in [6, 6.07) is 11.6. The van der Waals surface area contributed by atoms with Crippen molar-refractivity contribution >= 4 is 18.2 Å². The maximum Gasteiger partial charge on any atom is 0.413 e. The molecule has 7 nitrogen and oxygen atoms in total. The van der Waals surface area contributed by atoms with Gasteiger partial charge in [-0.15, -0.1) is 0 Å². The third-order valence-electron chi connectivity index (χ3n) is 3.94. The summed E-state index contributed by atoms with van der Waals surface area (Å²) in [7, 11) is 3.24. The smallest absolute Gasteiger partial charge is 0.413 e. The summed E-state index contributed by atoms with van der Waals surface area (Å²) in [4.78, 5) is 21.5. The van der Waals surface area contributed by atoms with E-state index in [2.05, 4.69) is 5.73 Å². The number of carbonyl (C=O) groups is 2. The second-order valence-electron chi connectivity index (χ2n) is 7.23. The molecule has 0 saturated carbocycles. The minimum atomic E-state index is -0.526. The monoisotopic (exact) mass is 482 g/mol. The molecule has 0 bridgehead atoms. The summed E-state index contributed by atoms with van der Waals surface area (Å²) >= 11 is 0. The highest BCUT2D eigenvalue weighted by molar-refractivity contribution is 5.87. The van der Waals surface area contributed by atoms with Crippen LogP contribution in [0.15, 0.2) is 42.5 Å². The van der Waals surface area contributed by atoms with Crippen LogP contribution >= 0.6 is 0 Å². The van der Waals surface area contributed by atoms with Gasteiger partial charge in [0.05, 0.1) is 18.8 Å². The van der Waals surface area contributed by atoms with Crippen molar-refractivity contribution in [3.8, 4) is 11.1 Å². The number of nitrogens with zero attached hydrogens (tertiary/aromatic N) is 1. The zero-order valence-electron chi connectivity index (χ0n) is 21.0. The molecule has 8 heteroatoms. The first-order chi connectivity index (χ1) is 15.5. The lowest BCUT2D eigenvalue weighted by Gasteiger charge is -2.17. The number of hydrogen-bond acceptors (Lipinski definition) is 5. The van der Waals surface area contributed by atoms with E-state index < -0.39 is 11.9 Å². The van der Waals surface area contributed by atoms with Crippen LogP contribution in [0.25, 0.3) is 11.1 Å². The fourth-order valence-electron chi connectivity index (χ4n) is 2.06. The third kappa shape index (κ3) is 14.2. The van der Waals surface area contributed by atoms with Gasteiger partial charge in [0.1, 0.15) is 5.82 Å². The van der Waals surface area contributed by atoms with Crippen LogP contribution in [-0.2, 0) is 20.9 Å². The Morgan fingerprint density at radius 3 is 1.97 bits per heavy atom. The highest BCUT2D eigenvalue weighted by atomic mass is 19.1. The molecule has 0 aliphatic heterocycles. The van der Waals surface area contributed by atoms with E-state index in [4.69, 9.17) is 19.4 Å². The lowest BCUT2D eigenvalue weighted by molar-refractivity contribution is -0.106. The molecule has 0 spiro atoms. The molecule has 34 heavy (non-hydrogen) atoms. The van der Waals surface area contributed by atoms with E-state index in [1.165, 1.54) is 18.0 Å². The molecule has 0 aliphatic carbocycles. The zero-order chi connectivity index (χ0) is 26.0. The number of hydrogen-bond donors (Lipinski definition) is 2. The molecule has 0 radical (unpaired) electrons. The van der Waals surface area contributed by atoms with E-state index in [0.29, 0.717) is 16.8 Å². The van der Waals surface area contributed by atoms with Crippen LogP contribution in [0.3, 0.4) is 0 Å². The molecule has 0 heterocycles. The van der Waals surface area contributed by atoms with Crippen LogP contribution < -0.4 is 10.6 Å². The number of primary amides is 1. The van der Waals surface area contributed by atoms with Gasteiger partial charge in [0, 0.05) is 25.4 Å². The molecule has 0 aliphatic rings. The summed E-state index contributed by atoms with van der Waals surface area (Å²) in [5, 5.41) is 9.02. The summed E-state index contributed by atoms with van der Waals surface area (Å²) in [6.07, 6.45) is -0.276. The van der Waals surface area contributed by atoms with E-state index in [1.807, 2.05) is 34.6 Å². The molecule has 0 aromatic heterocycles. The summed E-state index contributed by atoms with van der Waals surface area (Å²) < 4.78 is 24.1. The number of aliphatic hydroxyl groups excluding tert-OH is 1. The Kier molecular flexibility index (Phi) is 20.4. The third-order valence-corrected chi connectivity index (χ3v) is 3.94. The Labute approximate surface area is 204 Å². The van der Waals surface area contributed by atoms with Crippen molar-refractivity contribution in [1.29, 1.82) is 0 Å². The van der Waals surface area contributed by atoms with Crippen LogP contribution in [0.2, 0.25) is 0 Å². The van der Waals surface area contributed by atoms with E-state index in [-0.39, 0.29) is 32.7 Å². The Balaban J connectivity index is -0.000000679. The highest BCUT2D eigenvalue weighted by Crippen LogP contribution is 2.27. The number of benzene rings is 2. The predicted octanol–water partition coefficient (Wildman–Crippen LogP) is 5.77. The van der Waals surface area contributed by atoms with Crippen molar-refractivity contribution in [3.05, 3.63) is 53.8 Å². The van der Waals surface area contributed by atoms with Gasteiger partial charge in [-0.05, 0) is 57.0 Å². The Hall–Kier alpha value is -2.97. The van der Waals surface area contributed by atoms with Crippen LogP contribution in [0.5, 0.6) is 0 Å². The first-order valence-electron chi connectivity index (χ1n) is 10.6. The van der Waals surface area contributed by atoms with Crippen molar-refractivity contribution in [2.45, 2.75) is 61.2 Å². The summed E-state index contributed by atoms with van der Waals surface area (Å²) in [6.45, 7) is 12.0. The SMILES string of the molecule is C.CC.CCOC(=O)N(C)c1ccc(-c2ccc(CO)cc2)c(F)c1.COC(C)(C)C.NC=O. The molecule has 0 saturated heterocycles. The number of ether oxygens (including phenoxy) is 2. The zero-order valence-corrected chi connectivity index (χ0v) is 21.0. The van der Waals surface area contributed by atoms with Crippen molar-refractivity contribution in [3.63, 3.8) is 0 Å². The molecule has 2 rings (SSSR count). The van der Waals surface area contributed by atoms with Crippen molar-refractivity contribution < 1.29 is 28.6 Å². The van der Waals surface area contributed by atoms with Gasteiger partial charge < -0.3 is 20.3 Å². The van der Waals surface area contributed by atoms with Crippen molar-refractivity contribution in [2.24, 2.45) is 5.73 Å². The second-order valence-corrected chi connectivity index (χ2v) is 7.23. The van der Waals surface area contributed by atoms with Crippen molar-refractivity contribution in [2.75, 3.05) is 25.7 Å². The number of halogens is 1. The number of rotatable bonds is 4. The van der Waals surface area contributed by atoms with Gasteiger partial charge >= 0.3 is 6.09 Å². The van der Waals surface area contributed by atoms with Gasteiger partial charge in [0.2, 0.25) is 6.41 Å². The molecule has 3 N–H and O–H groups in total. The number of aliphatic hydroxyl groups is 1. The minimum absolute atomic E-state index is 0. The maximum atomic E-state index is 14.3. The number of nitrogens with two attached hydrogens (primary N) is 1. The average Bonchev–Trinajstić information content (AvgIpc) is 2.80. The van der Waals surface area contributed by atoms with Gasteiger partial charge in [-0.3, -0.25) is 9.69 Å². The summed E-state index contributed by atoms with van der Waals surface area (Å²) in [5.41, 5.74) is 6.54. The molecule has 2 aromatic carbocycles.